The number of alkyl halides is 1. The summed E-state index contributed by atoms with van der Waals surface area (Å²) in [5, 5.41) is 3.01. The third-order valence-corrected chi connectivity index (χ3v) is 3.66. The van der Waals surface area contributed by atoms with E-state index in [2.05, 4.69) is 26.1 Å². The summed E-state index contributed by atoms with van der Waals surface area (Å²) in [6.45, 7) is 6.40. The van der Waals surface area contributed by atoms with Crippen molar-refractivity contribution in [1.29, 1.82) is 0 Å². The molecule has 0 bridgehead atoms. The molecule has 0 aliphatic heterocycles. The van der Waals surface area contributed by atoms with E-state index in [0.29, 0.717) is 18.2 Å². The highest BCUT2D eigenvalue weighted by atomic mass is 35.5. The van der Waals surface area contributed by atoms with Crippen LogP contribution in [-0.4, -0.2) is 17.8 Å². The van der Waals surface area contributed by atoms with Crippen molar-refractivity contribution in [1.82, 2.24) is 5.32 Å². The zero-order valence-electron chi connectivity index (χ0n) is 12.3. The molecule has 1 atom stereocenters. The molecule has 0 radical (unpaired) electrons. The van der Waals surface area contributed by atoms with Gasteiger partial charge in [-0.05, 0) is 12.3 Å². The zero-order valence-corrected chi connectivity index (χ0v) is 13.1. The number of nitrogens with one attached hydrogen (secondary N) is 1. The molecular formula is C15H30ClNO. The minimum Gasteiger partial charge on any atom is -0.352 e. The lowest BCUT2D eigenvalue weighted by molar-refractivity contribution is -0.122. The second kappa shape index (κ2) is 11.8. The van der Waals surface area contributed by atoms with E-state index in [1.54, 1.807) is 0 Å². The first kappa shape index (κ1) is 17.8. The normalized spacial score (nSPS) is 12.7. The van der Waals surface area contributed by atoms with E-state index in [9.17, 15) is 4.79 Å². The van der Waals surface area contributed by atoms with Crippen molar-refractivity contribution >= 4 is 17.5 Å². The lowest BCUT2D eigenvalue weighted by Gasteiger charge is -2.19. The van der Waals surface area contributed by atoms with Crippen molar-refractivity contribution in [3.05, 3.63) is 0 Å². The summed E-state index contributed by atoms with van der Waals surface area (Å²) < 4.78 is 0. The average molecular weight is 276 g/mol. The van der Waals surface area contributed by atoms with Gasteiger partial charge in [0.25, 0.3) is 0 Å². The molecule has 2 nitrogen and oxygen atoms in total. The van der Waals surface area contributed by atoms with Gasteiger partial charge in [0, 0.05) is 18.3 Å². The second-order valence-electron chi connectivity index (χ2n) is 5.44. The largest absolute Gasteiger partial charge is 0.352 e. The highest BCUT2D eigenvalue weighted by molar-refractivity contribution is 6.18. The van der Waals surface area contributed by atoms with Gasteiger partial charge in [-0.3, -0.25) is 4.79 Å². The maximum absolute atomic E-state index is 11.7. The van der Waals surface area contributed by atoms with Crippen LogP contribution in [0.15, 0.2) is 0 Å². The maximum Gasteiger partial charge on any atom is 0.220 e. The Morgan fingerprint density at radius 3 is 2.11 bits per heavy atom. The fourth-order valence-electron chi connectivity index (χ4n) is 1.91. The molecule has 0 spiro atoms. The summed E-state index contributed by atoms with van der Waals surface area (Å²) >= 11 is 5.82. The minimum absolute atomic E-state index is 0.115. The van der Waals surface area contributed by atoms with Crippen LogP contribution in [0, 0.1) is 5.92 Å². The number of carbonyl (C=O) groups is 1. The molecule has 3 heteroatoms. The number of hydrogen-bond acceptors (Lipinski definition) is 1. The van der Waals surface area contributed by atoms with Crippen molar-refractivity contribution < 1.29 is 4.79 Å². The Bertz CT molecular complexity index is 207. The Morgan fingerprint density at radius 1 is 1.06 bits per heavy atom. The number of halogens is 1. The average Bonchev–Trinajstić information content (AvgIpc) is 2.34. The zero-order chi connectivity index (χ0) is 13.8. The predicted molar refractivity (Wildman–Crippen MR) is 80.1 cm³/mol. The minimum atomic E-state index is 0.115. The molecular weight excluding hydrogens is 246 g/mol. The number of unbranched alkanes of at least 4 members (excludes halogenated alkanes) is 6. The van der Waals surface area contributed by atoms with Crippen LogP contribution >= 0.6 is 11.6 Å². The standard InChI is InChI=1S/C15H30ClNO/c1-4-5-6-7-8-9-10-11-15(18)17-14(12-16)13(2)3/h13-14H,4-12H2,1-3H3,(H,17,18). The van der Waals surface area contributed by atoms with Gasteiger partial charge in [0.2, 0.25) is 5.91 Å². The molecule has 1 amide bonds. The van der Waals surface area contributed by atoms with Crippen LogP contribution in [0.2, 0.25) is 0 Å². The Kier molecular flexibility index (Phi) is 11.7. The first-order valence-electron chi connectivity index (χ1n) is 7.47. The molecule has 0 saturated carbocycles. The van der Waals surface area contributed by atoms with Crippen LogP contribution in [0.5, 0.6) is 0 Å². The fraction of sp³-hybridized carbons (Fsp3) is 0.933. The summed E-state index contributed by atoms with van der Waals surface area (Å²) in [6, 6.07) is 0.115. The van der Waals surface area contributed by atoms with Crippen LogP contribution < -0.4 is 5.32 Å². The third kappa shape index (κ3) is 9.76. The van der Waals surface area contributed by atoms with E-state index >= 15 is 0 Å². The fourth-order valence-corrected chi connectivity index (χ4v) is 2.34. The lowest BCUT2D eigenvalue weighted by atomic mass is 10.1. The monoisotopic (exact) mass is 275 g/mol. The summed E-state index contributed by atoms with van der Waals surface area (Å²) in [5.41, 5.74) is 0. The number of rotatable bonds is 11. The van der Waals surface area contributed by atoms with Crippen molar-refractivity contribution in [3.63, 3.8) is 0 Å². The smallest absolute Gasteiger partial charge is 0.220 e. The van der Waals surface area contributed by atoms with Gasteiger partial charge in [-0.2, -0.15) is 0 Å². The van der Waals surface area contributed by atoms with Crippen molar-refractivity contribution in [2.24, 2.45) is 5.92 Å². The van der Waals surface area contributed by atoms with Gasteiger partial charge in [0.15, 0.2) is 0 Å². The first-order chi connectivity index (χ1) is 8.61. The Hall–Kier alpha value is -0.240. The Balaban J connectivity index is 3.47. The van der Waals surface area contributed by atoms with Crippen LogP contribution in [-0.2, 0) is 4.79 Å². The van der Waals surface area contributed by atoms with Crippen molar-refractivity contribution in [2.75, 3.05) is 5.88 Å². The molecule has 108 valence electrons. The Labute approximate surface area is 118 Å². The number of hydrogen-bond donors (Lipinski definition) is 1. The summed E-state index contributed by atoms with van der Waals surface area (Å²) in [4.78, 5) is 11.7. The number of amides is 1. The van der Waals surface area contributed by atoms with Crippen LogP contribution in [0.3, 0.4) is 0 Å². The maximum atomic E-state index is 11.7. The highest BCUT2D eigenvalue weighted by Crippen LogP contribution is 2.09. The molecule has 0 aliphatic carbocycles. The van der Waals surface area contributed by atoms with Crippen LogP contribution in [0.1, 0.15) is 72.1 Å². The molecule has 1 N–H and O–H groups in total. The van der Waals surface area contributed by atoms with Gasteiger partial charge < -0.3 is 5.32 Å². The van der Waals surface area contributed by atoms with Gasteiger partial charge >= 0.3 is 0 Å². The summed E-state index contributed by atoms with van der Waals surface area (Å²) in [7, 11) is 0. The molecule has 0 rings (SSSR count). The Morgan fingerprint density at radius 2 is 1.61 bits per heavy atom. The highest BCUT2D eigenvalue weighted by Gasteiger charge is 2.14. The lowest BCUT2D eigenvalue weighted by Crippen LogP contribution is -2.39. The van der Waals surface area contributed by atoms with E-state index in [1.165, 1.54) is 38.5 Å². The van der Waals surface area contributed by atoms with Crippen molar-refractivity contribution in [2.45, 2.75) is 78.2 Å². The summed E-state index contributed by atoms with van der Waals surface area (Å²) in [6.07, 6.45) is 9.36. The van der Waals surface area contributed by atoms with E-state index in [4.69, 9.17) is 11.6 Å². The third-order valence-electron chi connectivity index (χ3n) is 3.32. The molecule has 0 aliphatic rings. The SMILES string of the molecule is CCCCCCCCCC(=O)NC(CCl)C(C)C. The van der Waals surface area contributed by atoms with Gasteiger partial charge in [0.05, 0.1) is 0 Å². The molecule has 0 heterocycles. The molecule has 0 aromatic rings. The quantitative estimate of drug-likeness (QED) is 0.436. The number of carbonyl (C=O) groups excluding carboxylic acids is 1. The van der Waals surface area contributed by atoms with Gasteiger partial charge in [-0.25, -0.2) is 0 Å². The van der Waals surface area contributed by atoms with Gasteiger partial charge in [0.1, 0.15) is 0 Å². The van der Waals surface area contributed by atoms with Crippen LogP contribution in [0.4, 0.5) is 0 Å². The molecule has 18 heavy (non-hydrogen) atoms. The van der Waals surface area contributed by atoms with Gasteiger partial charge in [-0.15, -0.1) is 11.6 Å². The van der Waals surface area contributed by atoms with E-state index in [-0.39, 0.29) is 11.9 Å². The molecule has 0 fully saturated rings. The molecule has 1 unspecified atom stereocenters. The second-order valence-corrected chi connectivity index (χ2v) is 5.75. The molecule has 0 saturated heterocycles. The molecule has 0 aromatic heterocycles. The topological polar surface area (TPSA) is 29.1 Å². The van der Waals surface area contributed by atoms with E-state index in [0.717, 1.165) is 6.42 Å². The summed E-state index contributed by atoms with van der Waals surface area (Å²) in [5.74, 6) is 1.06. The predicted octanol–water partition coefficient (Wildman–Crippen LogP) is 4.51. The van der Waals surface area contributed by atoms with E-state index in [1.807, 2.05) is 0 Å². The van der Waals surface area contributed by atoms with Crippen molar-refractivity contribution in [3.8, 4) is 0 Å². The van der Waals surface area contributed by atoms with Gasteiger partial charge in [-0.1, -0.05) is 59.3 Å². The molecule has 0 aromatic carbocycles. The first-order valence-corrected chi connectivity index (χ1v) is 8.00. The van der Waals surface area contributed by atoms with Crippen LogP contribution in [0.25, 0.3) is 0 Å². The van der Waals surface area contributed by atoms with E-state index < -0.39 is 0 Å².